The largest absolute Gasteiger partial charge is 0.368 e. The molecule has 1 unspecified atom stereocenters. The smallest absolute Gasteiger partial charge is 0.292 e. The molecule has 0 aromatic heterocycles. The lowest BCUT2D eigenvalue weighted by Crippen LogP contribution is -2.38. The van der Waals surface area contributed by atoms with Gasteiger partial charge in [-0.05, 0) is 31.9 Å². The number of amides is 1. The first-order valence-electron chi connectivity index (χ1n) is 6.26. The van der Waals surface area contributed by atoms with Crippen molar-refractivity contribution in [1.82, 2.24) is 5.32 Å². The number of benzene rings is 1. The van der Waals surface area contributed by atoms with E-state index in [1.807, 2.05) is 6.07 Å². The summed E-state index contributed by atoms with van der Waals surface area (Å²) >= 11 is 0. The van der Waals surface area contributed by atoms with Gasteiger partial charge in [0.25, 0.3) is 5.69 Å². The van der Waals surface area contributed by atoms with E-state index in [0.717, 1.165) is 12.8 Å². The molecule has 104 valence electrons. The third kappa shape index (κ3) is 3.23. The molecule has 1 aliphatic carbocycles. The van der Waals surface area contributed by atoms with Crippen LogP contribution in [0.3, 0.4) is 0 Å². The number of nitriles is 1. The van der Waals surface area contributed by atoms with Crippen molar-refractivity contribution in [2.45, 2.75) is 31.8 Å². The Labute approximate surface area is 115 Å². The summed E-state index contributed by atoms with van der Waals surface area (Å²) in [6, 6.07) is 5.54. The number of carbonyl (C=O) groups is 1. The van der Waals surface area contributed by atoms with Gasteiger partial charge in [0.2, 0.25) is 5.91 Å². The summed E-state index contributed by atoms with van der Waals surface area (Å²) in [5.41, 5.74) is 0.315. The van der Waals surface area contributed by atoms with Crippen molar-refractivity contribution in [2.24, 2.45) is 0 Å². The van der Waals surface area contributed by atoms with E-state index in [4.69, 9.17) is 5.26 Å². The topological polar surface area (TPSA) is 108 Å². The van der Waals surface area contributed by atoms with Gasteiger partial charge in [0.15, 0.2) is 0 Å². The first-order chi connectivity index (χ1) is 9.51. The minimum absolute atomic E-state index is 0.157. The van der Waals surface area contributed by atoms with Crippen LogP contribution in [-0.2, 0) is 4.79 Å². The minimum atomic E-state index is -0.608. The van der Waals surface area contributed by atoms with Crippen molar-refractivity contribution in [3.8, 4) is 6.07 Å². The quantitative estimate of drug-likeness (QED) is 0.625. The zero-order chi connectivity index (χ0) is 14.7. The van der Waals surface area contributed by atoms with Gasteiger partial charge < -0.3 is 10.6 Å². The molecule has 0 bridgehead atoms. The van der Waals surface area contributed by atoms with E-state index in [1.54, 1.807) is 6.92 Å². The highest BCUT2D eigenvalue weighted by Gasteiger charge is 2.26. The monoisotopic (exact) mass is 274 g/mol. The van der Waals surface area contributed by atoms with Gasteiger partial charge in [-0.2, -0.15) is 5.26 Å². The Bertz CT molecular complexity index is 590. The molecule has 20 heavy (non-hydrogen) atoms. The molecule has 0 heterocycles. The average molecular weight is 274 g/mol. The highest BCUT2D eigenvalue weighted by Crippen LogP contribution is 2.26. The van der Waals surface area contributed by atoms with Gasteiger partial charge in [-0.15, -0.1) is 0 Å². The predicted octanol–water partition coefficient (Wildman–Crippen LogP) is 1.55. The van der Waals surface area contributed by atoms with E-state index in [9.17, 15) is 14.9 Å². The summed E-state index contributed by atoms with van der Waals surface area (Å²) in [4.78, 5) is 22.2. The highest BCUT2D eigenvalue weighted by molar-refractivity contribution is 5.85. The lowest BCUT2D eigenvalue weighted by molar-refractivity contribution is -0.384. The maximum atomic E-state index is 11.8. The van der Waals surface area contributed by atoms with Crippen molar-refractivity contribution in [3.05, 3.63) is 33.9 Å². The number of rotatable bonds is 5. The van der Waals surface area contributed by atoms with E-state index in [0.29, 0.717) is 5.56 Å². The molecule has 0 radical (unpaired) electrons. The van der Waals surface area contributed by atoms with Crippen LogP contribution in [0.15, 0.2) is 18.2 Å². The Morgan fingerprint density at radius 1 is 1.55 bits per heavy atom. The molecule has 1 amide bonds. The van der Waals surface area contributed by atoms with Crippen LogP contribution in [0, 0.1) is 21.4 Å². The standard InChI is InChI=1S/C13H14N4O3/c1-8(13(18)16-10-3-4-10)15-11-6-9(7-14)2-5-12(11)17(19)20/h2,5-6,8,10,15H,3-4H2,1H3,(H,16,18). The van der Waals surface area contributed by atoms with E-state index in [2.05, 4.69) is 10.6 Å². The molecule has 0 saturated heterocycles. The number of nitrogens with one attached hydrogen (secondary N) is 2. The summed E-state index contributed by atoms with van der Waals surface area (Å²) in [6.45, 7) is 1.63. The minimum Gasteiger partial charge on any atom is -0.368 e. The van der Waals surface area contributed by atoms with Crippen molar-refractivity contribution < 1.29 is 9.72 Å². The van der Waals surface area contributed by atoms with Gasteiger partial charge >= 0.3 is 0 Å². The van der Waals surface area contributed by atoms with Crippen LogP contribution in [0.2, 0.25) is 0 Å². The fourth-order valence-electron chi connectivity index (χ4n) is 1.73. The Kier molecular flexibility index (Phi) is 3.84. The molecule has 0 spiro atoms. The highest BCUT2D eigenvalue weighted by atomic mass is 16.6. The Morgan fingerprint density at radius 3 is 2.80 bits per heavy atom. The molecule has 1 aliphatic rings. The van der Waals surface area contributed by atoms with E-state index in [-0.39, 0.29) is 23.3 Å². The summed E-state index contributed by atoms with van der Waals surface area (Å²) in [5.74, 6) is -0.204. The van der Waals surface area contributed by atoms with Gasteiger partial charge in [-0.1, -0.05) is 0 Å². The summed E-state index contributed by atoms with van der Waals surface area (Å²) < 4.78 is 0. The van der Waals surface area contributed by atoms with E-state index < -0.39 is 11.0 Å². The first kappa shape index (κ1) is 13.8. The van der Waals surface area contributed by atoms with Crippen molar-refractivity contribution in [3.63, 3.8) is 0 Å². The fraction of sp³-hybridized carbons (Fsp3) is 0.385. The van der Waals surface area contributed by atoms with Gasteiger partial charge in [-0.3, -0.25) is 14.9 Å². The van der Waals surface area contributed by atoms with Crippen LogP contribution in [-0.4, -0.2) is 22.9 Å². The number of nitrogens with zero attached hydrogens (tertiary/aromatic N) is 2. The Hall–Kier alpha value is -2.62. The van der Waals surface area contributed by atoms with Crippen molar-refractivity contribution >= 4 is 17.3 Å². The van der Waals surface area contributed by atoms with Crippen LogP contribution in [0.1, 0.15) is 25.3 Å². The van der Waals surface area contributed by atoms with Crippen LogP contribution in [0.5, 0.6) is 0 Å². The van der Waals surface area contributed by atoms with Crippen molar-refractivity contribution in [2.75, 3.05) is 5.32 Å². The van der Waals surface area contributed by atoms with Gasteiger partial charge in [0, 0.05) is 12.1 Å². The van der Waals surface area contributed by atoms with Crippen molar-refractivity contribution in [1.29, 1.82) is 5.26 Å². The second kappa shape index (κ2) is 5.57. The summed E-state index contributed by atoms with van der Waals surface area (Å²) in [6.07, 6.45) is 1.95. The molecule has 2 rings (SSSR count). The number of nitro groups is 1. The maximum absolute atomic E-state index is 11.8. The molecule has 1 atom stereocenters. The Balaban J connectivity index is 2.15. The molecule has 2 N–H and O–H groups in total. The van der Waals surface area contributed by atoms with Crippen LogP contribution >= 0.6 is 0 Å². The molecule has 1 aromatic carbocycles. The number of hydrogen-bond donors (Lipinski definition) is 2. The van der Waals surface area contributed by atoms with Crippen LogP contribution < -0.4 is 10.6 Å². The maximum Gasteiger partial charge on any atom is 0.292 e. The molecule has 1 fully saturated rings. The molecular weight excluding hydrogens is 260 g/mol. The molecular formula is C13H14N4O3. The normalized spacial score (nSPS) is 15.0. The SMILES string of the molecule is CC(Nc1cc(C#N)ccc1[N+](=O)[O-])C(=O)NC1CC1. The summed E-state index contributed by atoms with van der Waals surface area (Å²) in [7, 11) is 0. The van der Waals surface area contributed by atoms with Gasteiger partial charge in [0.1, 0.15) is 11.7 Å². The zero-order valence-electron chi connectivity index (χ0n) is 10.9. The first-order valence-corrected chi connectivity index (χ1v) is 6.26. The number of anilines is 1. The predicted molar refractivity (Wildman–Crippen MR) is 72.1 cm³/mol. The van der Waals surface area contributed by atoms with Crippen LogP contribution in [0.4, 0.5) is 11.4 Å². The lowest BCUT2D eigenvalue weighted by Gasteiger charge is -2.15. The molecule has 7 heteroatoms. The lowest BCUT2D eigenvalue weighted by atomic mass is 10.1. The third-order valence-electron chi connectivity index (χ3n) is 3.01. The summed E-state index contributed by atoms with van der Waals surface area (Å²) in [5, 5.41) is 25.4. The molecule has 1 saturated carbocycles. The van der Waals surface area contributed by atoms with Gasteiger partial charge in [0.05, 0.1) is 16.6 Å². The fourth-order valence-corrected chi connectivity index (χ4v) is 1.73. The third-order valence-corrected chi connectivity index (χ3v) is 3.01. The number of hydrogen-bond acceptors (Lipinski definition) is 5. The average Bonchev–Trinajstić information content (AvgIpc) is 3.22. The molecule has 1 aromatic rings. The molecule has 0 aliphatic heterocycles. The second-order valence-corrected chi connectivity index (χ2v) is 4.75. The zero-order valence-corrected chi connectivity index (χ0v) is 10.9. The van der Waals surface area contributed by atoms with E-state index in [1.165, 1.54) is 18.2 Å². The second-order valence-electron chi connectivity index (χ2n) is 4.75. The molecule has 7 nitrogen and oxygen atoms in total. The Morgan fingerprint density at radius 2 is 2.25 bits per heavy atom. The van der Waals surface area contributed by atoms with Gasteiger partial charge in [-0.25, -0.2) is 0 Å². The van der Waals surface area contributed by atoms with E-state index >= 15 is 0 Å². The van der Waals surface area contributed by atoms with Crippen LogP contribution in [0.25, 0.3) is 0 Å². The number of carbonyl (C=O) groups excluding carboxylic acids is 1. The number of nitro benzene ring substituents is 1.